The number of allylic oxidation sites excluding steroid dienone is 2. The minimum Gasteiger partial charge on any atom is -0.465 e. The maximum absolute atomic E-state index is 13.0. The normalized spacial score (nSPS) is 13.7. The Kier molecular flexibility index (Phi) is 27.4. The first-order valence-electron chi connectivity index (χ1n) is 30.9. The molecule has 0 spiro atoms. The Morgan fingerprint density at radius 2 is 0.990 bits per heavy atom. The van der Waals surface area contributed by atoms with Gasteiger partial charge in [-0.05, 0) is 173 Å². The highest BCUT2D eigenvalue weighted by molar-refractivity contribution is 9.12. The SMILES string of the molecule is CC1(C)OB(c2ccccc2Cc2cccc(C(F)(F)F)c2)OC1(C)C.CCOC(=O)CN=CC(Br)=C(C)N.CCOC(=O)Cn1cc(-c2ccccc2Cc2cccc(C(F)(F)F)c2)c(C)n1.CCOC(=O)Cn1ncc(-c2ccccc2Cc2cccc(C(F)(F)F)c2)c1C. The van der Waals surface area contributed by atoms with Gasteiger partial charge in [0.1, 0.15) is 19.6 Å². The largest absolute Gasteiger partial charge is 0.495 e. The molecule has 0 amide bonds. The second-order valence-corrected chi connectivity index (χ2v) is 24.1. The number of aromatic nitrogens is 4. The number of hydrogen-bond donors (Lipinski definition) is 1. The summed E-state index contributed by atoms with van der Waals surface area (Å²) in [5.74, 6) is -1.09. The Hall–Kier alpha value is -8.81. The van der Waals surface area contributed by atoms with Gasteiger partial charge in [-0.3, -0.25) is 28.7 Å². The van der Waals surface area contributed by atoms with Crippen LogP contribution in [0.25, 0.3) is 22.3 Å². The number of carbonyl (C=O) groups excluding carboxylic acids is 3. The minimum atomic E-state index is -4.37. The molecule has 9 rings (SSSR count). The summed E-state index contributed by atoms with van der Waals surface area (Å²) >= 11 is 3.18. The maximum Gasteiger partial charge on any atom is 0.495 e. The van der Waals surface area contributed by atoms with Crippen LogP contribution < -0.4 is 11.2 Å². The zero-order valence-electron chi connectivity index (χ0n) is 55.4. The first kappa shape index (κ1) is 77.2. The highest BCUT2D eigenvalue weighted by Gasteiger charge is 2.52. The molecule has 6 aromatic carbocycles. The van der Waals surface area contributed by atoms with Gasteiger partial charge in [0.25, 0.3) is 0 Å². The van der Waals surface area contributed by atoms with Crippen LogP contribution in [0.2, 0.25) is 0 Å². The number of aryl methyl sites for hydroxylation is 1. The Morgan fingerprint density at radius 3 is 1.44 bits per heavy atom. The van der Waals surface area contributed by atoms with Crippen molar-refractivity contribution < 1.29 is 77.4 Å². The molecule has 25 heteroatoms. The second kappa shape index (κ2) is 34.4. The van der Waals surface area contributed by atoms with Crippen molar-refractivity contribution in [2.24, 2.45) is 10.7 Å². The first-order chi connectivity index (χ1) is 45.6. The number of alkyl halides is 9. The van der Waals surface area contributed by atoms with Crippen LogP contribution in [0, 0.1) is 13.8 Å². The lowest BCUT2D eigenvalue weighted by Crippen LogP contribution is -2.41. The van der Waals surface area contributed by atoms with Gasteiger partial charge in [-0.15, -0.1) is 0 Å². The molecule has 0 bridgehead atoms. The molecule has 3 heterocycles. The summed E-state index contributed by atoms with van der Waals surface area (Å²) in [6, 6.07) is 38.7. The monoisotopic (exact) mass is 1410 g/mol. The number of nitrogens with zero attached hydrogens (tertiary/aromatic N) is 5. The van der Waals surface area contributed by atoms with E-state index >= 15 is 0 Å². The third-order valence-corrected chi connectivity index (χ3v) is 16.3. The molecule has 1 fully saturated rings. The van der Waals surface area contributed by atoms with Crippen LogP contribution in [0.5, 0.6) is 0 Å². The standard InChI is InChI=1S/2C22H21F3N2O2.C20H22BF3O2.C8H13BrN2O2/c1-3-29-21(28)14-27-13-20(15(2)26-27)19-10-5-4-8-17(19)11-16-7-6-9-18(12-16)22(23,24)25;1-3-29-21(28)14-27-15(2)20(13-26-27)19-10-5-4-8-17(19)11-16-7-6-9-18(12-16)22(23,24)25;1-18(2)19(3,4)26-21(25-18)17-11-6-5-9-15(17)12-14-8-7-10-16(13-14)20(22,23)24;1-3-13-8(12)5-11-4-7(9)6(2)10/h2*4-10,12-13H,3,11,14H2,1-2H3;5-11,13H,12H2,1-4H3;4H,3,5,10H2,1-2H3. The second-order valence-electron chi connectivity index (χ2n) is 23.3. The van der Waals surface area contributed by atoms with Crippen molar-refractivity contribution in [2.75, 3.05) is 26.4 Å². The lowest BCUT2D eigenvalue weighted by atomic mass is 9.74. The molecule has 0 saturated carbocycles. The van der Waals surface area contributed by atoms with Crippen molar-refractivity contribution in [2.45, 2.75) is 131 Å². The fourth-order valence-corrected chi connectivity index (χ4v) is 10.1. The van der Waals surface area contributed by atoms with Gasteiger partial charge in [0.05, 0.1) is 64.1 Å². The number of hydrogen-bond acceptors (Lipinski definition) is 12. The summed E-state index contributed by atoms with van der Waals surface area (Å²) in [4.78, 5) is 38.1. The first-order valence-corrected chi connectivity index (χ1v) is 31.7. The topological polar surface area (TPSA) is 171 Å². The summed E-state index contributed by atoms with van der Waals surface area (Å²) in [6.45, 7) is 19.6. The predicted octanol–water partition coefficient (Wildman–Crippen LogP) is 15.9. The Morgan fingerprint density at radius 1 is 0.577 bits per heavy atom. The summed E-state index contributed by atoms with van der Waals surface area (Å²) in [5.41, 5.74) is 13.3. The highest BCUT2D eigenvalue weighted by atomic mass is 79.9. The number of carbonyl (C=O) groups is 3. The molecule has 97 heavy (non-hydrogen) atoms. The predicted molar refractivity (Wildman–Crippen MR) is 359 cm³/mol. The van der Waals surface area contributed by atoms with E-state index in [0.717, 1.165) is 74.0 Å². The van der Waals surface area contributed by atoms with E-state index in [-0.39, 0.29) is 37.5 Å². The number of aliphatic imine (C=N–C) groups is 1. The van der Waals surface area contributed by atoms with E-state index in [9.17, 15) is 53.9 Å². The minimum absolute atomic E-state index is 0.00444. The molecular formula is C72H77BBrF9N6O8. The van der Waals surface area contributed by atoms with Gasteiger partial charge in [-0.2, -0.15) is 49.7 Å². The van der Waals surface area contributed by atoms with Crippen LogP contribution >= 0.6 is 15.9 Å². The fraction of sp³-hybridized carbons (Fsp3) is 0.333. The zero-order valence-corrected chi connectivity index (χ0v) is 57.0. The van der Waals surface area contributed by atoms with Crippen LogP contribution in [0.3, 0.4) is 0 Å². The van der Waals surface area contributed by atoms with Crippen LogP contribution in [0.15, 0.2) is 173 Å². The average molecular weight is 1420 g/mol. The molecule has 2 aromatic heterocycles. The van der Waals surface area contributed by atoms with Crippen molar-refractivity contribution >= 4 is 52.6 Å². The van der Waals surface area contributed by atoms with Gasteiger partial charge in [-0.1, -0.05) is 127 Å². The molecule has 516 valence electrons. The molecular weight excluding hydrogens is 1340 g/mol. The number of rotatable bonds is 19. The quantitative estimate of drug-likeness (QED) is 0.0269. The summed E-state index contributed by atoms with van der Waals surface area (Å²) in [5, 5.41) is 8.65. The van der Waals surface area contributed by atoms with Crippen molar-refractivity contribution in [3.8, 4) is 22.3 Å². The summed E-state index contributed by atoms with van der Waals surface area (Å²) in [7, 11) is -0.540. The van der Waals surface area contributed by atoms with E-state index in [1.807, 2.05) is 114 Å². The van der Waals surface area contributed by atoms with Crippen LogP contribution in [-0.4, -0.2) is 88.4 Å². The third kappa shape index (κ3) is 22.6. The van der Waals surface area contributed by atoms with Gasteiger partial charge in [0, 0.05) is 34.9 Å². The lowest BCUT2D eigenvalue weighted by Gasteiger charge is -2.32. The van der Waals surface area contributed by atoms with Gasteiger partial charge in [0.15, 0.2) is 0 Å². The molecule has 0 atom stereocenters. The van der Waals surface area contributed by atoms with Gasteiger partial charge in [0.2, 0.25) is 0 Å². The van der Waals surface area contributed by atoms with E-state index in [1.54, 1.807) is 63.0 Å². The van der Waals surface area contributed by atoms with E-state index in [2.05, 4.69) is 35.9 Å². The highest BCUT2D eigenvalue weighted by Crippen LogP contribution is 2.38. The van der Waals surface area contributed by atoms with Gasteiger partial charge in [-0.25, -0.2) is 0 Å². The lowest BCUT2D eigenvalue weighted by molar-refractivity contribution is -0.145. The average Bonchev–Trinajstić information content (AvgIpc) is 1.63. The van der Waals surface area contributed by atoms with Crippen molar-refractivity contribution in [3.05, 3.63) is 230 Å². The number of esters is 3. The molecule has 0 aliphatic carbocycles. The van der Waals surface area contributed by atoms with Crippen molar-refractivity contribution in [3.63, 3.8) is 0 Å². The molecule has 1 aliphatic rings. The van der Waals surface area contributed by atoms with Gasteiger partial charge < -0.3 is 29.3 Å². The van der Waals surface area contributed by atoms with Crippen LogP contribution in [0.4, 0.5) is 39.5 Å². The zero-order chi connectivity index (χ0) is 71.5. The molecule has 0 radical (unpaired) electrons. The number of benzene rings is 6. The molecule has 14 nitrogen and oxygen atoms in total. The third-order valence-electron chi connectivity index (χ3n) is 15.5. The van der Waals surface area contributed by atoms with Crippen LogP contribution in [-0.2, 0) is 88.8 Å². The molecule has 2 N–H and O–H groups in total. The fourth-order valence-electron chi connectivity index (χ4n) is 9.91. The summed E-state index contributed by atoms with van der Waals surface area (Å²) < 4.78 is 148. The number of ether oxygens (including phenoxy) is 3. The Labute approximate surface area is 567 Å². The molecule has 8 aromatic rings. The van der Waals surface area contributed by atoms with Crippen molar-refractivity contribution in [1.29, 1.82) is 0 Å². The maximum atomic E-state index is 13.0. The number of nitrogens with two attached hydrogens (primary N) is 1. The smallest absolute Gasteiger partial charge is 0.465 e. The van der Waals surface area contributed by atoms with Gasteiger partial charge >= 0.3 is 43.6 Å². The number of halogens is 10. The molecule has 0 unspecified atom stereocenters. The van der Waals surface area contributed by atoms with E-state index in [0.29, 0.717) is 66.0 Å². The Balaban J connectivity index is 0.000000211. The van der Waals surface area contributed by atoms with E-state index in [4.69, 9.17) is 24.5 Å². The van der Waals surface area contributed by atoms with E-state index in [1.165, 1.54) is 47.3 Å². The molecule has 1 aliphatic heterocycles. The molecule has 1 saturated heterocycles. The van der Waals surface area contributed by atoms with Crippen molar-refractivity contribution in [1.82, 2.24) is 19.6 Å². The van der Waals surface area contributed by atoms with Crippen LogP contribution in [0.1, 0.15) is 117 Å². The Bertz CT molecular complexity index is 3910. The summed E-state index contributed by atoms with van der Waals surface area (Å²) in [6.07, 6.45) is -7.10. The van der Waals surface area contributed by atoms with E-state index < -0.39 is 53.5 Å².